The highest BCUT2D eigenvalue weighted by Crippen LogP contribution is 2.42. The van der Waals surface area contributed by atoms with E-state index in [-0.39, 0.29) is 0 Å². The smallest absolute Gasteiger partial charge is 0.208 e. The van der Waals surface area contributed by atoms with E-state index in [1.165, 1.54) is 11.9 Å². The summed E-state index contributed by atoms with van der Waals surface area (Å²) in [6.45, 7) is 2.50. The number of hydrogen-bond donors (Lipinski definition) is 1. The van der Waals surface area contributed by atoms with Crippen LogP contribution in [0.15, 0.2) is 28.9 Å². The molecule has 0 saturated carbocycles. The molecular formula is C17H24N4O3S. The third kappa shape index (κ3) is 3.38. The number of nitrogens with one attached hydrogen (secondary N) is 1. The molecular weight excluding hydrogens is 340 g/mol. The van der Waals surface area contributed by atoms with Gasteiger partial charge in [-0.05, 0) is 43.5 Å². The fraction of sp³-hybridized carbons (Fsp3) is 0.588. The lowest BCUT2D eigenvalue weighted by Crippen LogP contribution is -2.56. The first-order valence-corrected chi connectivity index (χ1v) is 10.6. The van der Waals surface area contributed by atoms with Crippen molar-refractivity contribution in [2.75, 3.05) is 25.9 Å². The van der Waals surface area contributed by atoms with Crippen molar-refractivity contribution >= 4 is 10.0 Å². The van der Waals surface area contributed by atoms with E-state index in [0.29, 0.717) is 24.4 Å². The Morgan fingerprint density at radius 2 is 2.28 bits per heavy atom. The Hall–Kier alpha value is -1.64. The summed E-state index contributed by atoms with van der Waals surface area (Å²) in [5, 5.41) is 4.61. The summed E-state index contributed by atoms with van der Waals surface area (Å²) in [5.41, 5.74) is 2.10. The molecule has 2 bridgehead atoms. The zero-order valence-corrected chi connectivity index (χ0v) is 15.4. The lowest BCUT2D eigenvalue weighted by atomic mass is 9.74. The van der Waals surface area contributed by atoms with Crippen molar-refractivity contribution < 1.29 is 12.8 Å². The Balaban J connectivity index is 1.51. The van der Waals surface area contributed by atoms with Crippen molar-refractivity contribution in [3.8, 4) is 11.5 Å². The van der Waals surface area contributed by atoms with E-state index < -0.39 is 10.0 Å². The van der Waals surface area contributed by atoms with Crippen molar-refractivity contribution in [1.82, 2.24) is 19.4 Å². The number of furan rings is 1. The van der Waals surface area contributed by atoms with Crippen LogP contribution in [-0.2, 0) is 17.1 Å². The molecule has 2 aromatic rings. The van der Waals surface area contributed by atoms with E-state index in [9.17, 15) is 8.42 Å². The highest BCUT2D eigenvalue weighted by atomic mass is 32.2. The summed E-state index contributed by atoms with van der Waals surface area (Å²) < 4.78 is 32.9. The minimum absolute atomic E-state index is 0.294. The molecule has 5 heterocycles. The van der Waals surface area contributed by atoms with E-state index in [1.807, 2.05) is 23.9 Å². The molecule has 3 aliphatic rings. The van der Waals surface area contributed by atoms with Gasteiger partial charge < -0.3 is 4.42 Å². The average molecular weight is 364 g/mol. The van der Waals surface area contributed by atoms with Gasteiger partial charge >= 0.3 is 0 Å². The van der Waals surface area contributed by atoms with Gasteiger partial charge in [0.05, 0.1) is 12.5 Å². The molecule has 4 atom stereocenters. The average Bonchev–Trinajstić information content (AvgIpc) is 3.22. The molecule has 2 aromatic heterocycles. The van der Waals surface area contributed by atoms with Gasteiger partial charge in [0, 0.05) is 37.8 Å². The van der Waals surface area contributed by atoms with E-state index in [4.69, 9.17) is 4.42 Å². The van der Waals surface area contributed by atoms with Crippen molar-refractivity contribution in [2.45, 2.75) is 24.8 Å². The summed E-state index contributed by atoms with van der Waals surface area (Å²) >= 11 is 0. The Morgan fingerprint density at radius 1 is 1.44 bits per heavy atom. The molecule has 136 valence electrons. The number of piperidine rings is 3. The van der Waals surface area contributed by atoms with Gasteiger partial charge in [0.25, 0.3) is 0 Å². The monoisotopic (exact) mass is 364 g/mol. The second-order valence-corrected chi connectivity index (χ2v) is 9.05. The zero-order valence-electron chi connectivity index (χ0n) is 14.6. The highest BCUT2D eigenvalue weighted by molar-refractivity contribution is 7.88. The minimum atomic E-state index is -3.14. The zero-order chi connectivity index (χ0) is 17.6. The first-order valence-electron chi connectivity index (χ1n) is 8.67. The molecule has 3 fully saturated rings. The Labute approximate surface area is 148 Å². The van der Waals surface area contributed by atoms with Crippen molar-refractivity contribution in [3.05, 3.63) is 30.2 Å². The maximum atomic E-state index is 11.4. The van der Waals surface area contributed by atoms with Gasteiger partial charge in [0.1, 0.15) is 5.69 Å². The molecule has 25 heavy (non-hydrogen) atoms. The number of aromatic nitrogens is 2. The molecule has 3 saturated heterocycles. The van der Waals surface area contributed by atoms with Crippen molar-refractivity contribution in [2.24, 2.45) is 13.0 Å². The quantitative estimate of drug-likeness (QED) is 0.868. The summed E-state index contributed by atoms with van der Waals surface area (Å²) in [6, 6.07) is 6.23. The van der Waals surface area contributed by atoms with Gasteiger partial charge in [-0.15, -0.1) is 0 Å². The van der Waals surface area contributed by atoms with E-state index in [0.717, 1.165) is 37.4 Å². The van der Waals surface area contributed by atoms with Crippen LogP contribution in [0.5, 0.6) is 0 Å². The fourth-order valence-corrected chi connectivity index (χ4v) is 4.80. The number of sulfonamides is 1. The maximum Gasteiger partial charge on any atom is 0.208 e. The van der Waals surface area contributed by atoms with Gasteiger partial charge in [0.15, 0.2) is 5.76 Å². The molecule has 8 heteroatoms. The molecule has 5 rings (SSSR count). The van der Waals surface area contributed by atoms with Crippen LogP contribution in [0.25, 0.3) is 11.5 Å². The second-order valence-electron chi connectivity index (χ2n) is 7.22. The summed E-state index contributed by atoms with van der Waals surface area (Å²) in [5.74, 6) is 1.79. The predicted octanol–water partition coefficient (Wildman–Crippen LogP) is 1.41. The first kappa shape index (κ1) is 16.8. The van der Waals surface area contributed by atoms with Crippen LogP contribution < -0.4 is 4.72 Å². The van der Waals surface area contributed by atoms with Crippen LogP contribution in [-0.4, -0.2) is 55.0 Å². The van der Waals surface area contributed by atoms with Crippen LogP contribution in [0.3, 0.4) is 0 Å². The lowest BCUT2D eigenvalue weighted by Gasteiger charge is -2.49. The normalized spacial score (nSPS) is 29.2. The first-order chi connectivity index (χ1) is 11.9. The van der Waals surface area contributed by atoms with Crippen LogP contribution in [0.1, 0.15) is 24.5 Å². The van der Waals surface area contributed by atoms with Gasteiger partial charge in [-0.1, -0.05) is 0 Å². The molecule has 0 aliphatic carbocycles. The molecule has 0 amide bonds. The van der Waals surface area contributed by atoms with Gasteiger partial charge in [0.2, 0.25) is 10.0 Å². The van der Waals surface area contributed by atoms with Crippen LogP contribution >= 0.6 is 0 Å². The van der Waals surface area contributed by atoms with Gasteiger partial charge in [-0.25, -0.2) is 13.1 Å². The molecule has 0 radical (unpaired) electrons. The number of aryl methyl sites for hydroxylation is 1. The minimum Gasteiger partial charge on any atom is -0.463 e. The molecule has 3 aliphatic heterocycles. The second kappa shape index (κ2) is 6.26. The van der Waals surface area contributed by atoms with Crippen molar-refractivity contribution in [1.29, 1.82) is 0 Å². The topological polar surface area (TPSA) is 80.4 Å². The Bertz CT molecular complexity index is 843. The Morgan fingerprint density at radius 3 is 2.92 bits per heavy atom. The van der Waals surface area contributed by atoms with Crippen LogP contribution in [0.4, 0.5) is 0 Å². The predicted molar refractivity (Wildman–Crippen MR) is 94.6 cm³/mol. The number of nitrogens with zero attached hydrogens (tertiary/aromatic N) is 3. The van der Waals surface area contributed by atoms with E-state index >= 15 is 0 Å². The molecule has 1 N–H and O–H groups in total. The summed E-state index contributed by atoms with van der Waals surface area (Å²) in [4.78, 5) is 2.42. The highest BCUT2D eigenvalue weighted by Gasteiger charge is 2.41. The molecule has 0 aromatic carbocycles. The van der Waals surface area contributed by atoms with Crippen LogP contribution in [0.2, 0.25) is 0 Å². The Kier molecular flexibility index (Phi) is 4.21. The fourth-order valence-electron chi connectivity index (χ4n) is 4.31. The SMILES string of the molecule is Cn1nc(-c2ccco2)cc1[C@@H]1CN2CC[C@H]1C[C@@H]2CNS(C)(=O)=O. The molecule has 0 spiro atoms. The number of fused-ring (bicyclic) bond motifs is 3. The third-order valence-corrected chi connectivity index (χ3v) is 6.22. The lowest BCUT2D eigenvalue weighted by molar-refractivity contribution is 0.0306. The number of rotatable bonds is 5. The molecule has 7 nitrogen and oxygen atoms in total. The van der Waals surface area contributed by atoms with Crippen LogP contribution in [0, 0.1) is 5.92 Å². The number of hydrogen-bond acceptors (Lipinski definition) is 5. The summed E-state index contributed by atoms with van der Waals surface area (Å²) in [7, 11) is -1.15. The largest absolute Gasteiger partial charge is 0.463 e. The van der Waals surface area contributed by atoms with E-state index in [2.05, 4.69) is 20.8 Å². The maximum absolute atomic E-state index is 11.4. The third-order valence-electron chi connectivity index (χ3n) is 5.53. The van der Waals surface area contributed by atoms with Gasteiger partial charge in [-0.3, -0.25) is 9.58 Å². The van der Waals surface area contributed by atoms with E-state index in [1.54, 1.807) is 6.26 Å². The van der Waals surface area contributed by atoms with Gasteiger partial charge in [-0.2, -0.15) is 5.10 Å². The summed E-state index contributed by atoms with van der Waals surface area (Å²) in [6.07, 6.45) is 5.06. The van der Waals surface area contributed by atoms with Crippen molar-refractivity contribution in [3.63, 3.8) is 0 Å². The molecule has 1 unspecified atom stereocenters. The standard InChI is InChI=1S/C17H24N4O3S/c1-20-16(9-15(19-20)17-4-3-7-24-17)14-11-21-6-5-12(14)8-13(21)10-18-25(2,22)23/h3-4,7,9,12-14,18H,5-6,8,10-11H2,1-2H3/t12-,13+,14+/m0/s1.